The molecule has 0 amide bonds. The Hall–Kier alpha value is -0.570. The number of fused-ring (bicyclic) bond motifs is 3. The lowest BCUT2D eigenvalue weighted by Gasteiger charge is -2.63. The summed E-state index contributed by atoms with van der Waals surface area (Å²) in [5.41, 5.74) is -0.164. The number of hydrogen-bond donors (Lipinski definition) is 1. The summed E-state index contributed by atoms with van der Waals surface area (Å²) in [7, 11) is 0. The average molecular weight is 335 g/mol. The number of carbonyl (C=O) groups excluding carboxylic acids is 1. The first-order chi connectivity index (χ1) is 11.1. The normalized spacial score (nSPS) is 56.3. The van der Waals surface area contributed by atoms with Crippen LogP contribution >= 0.6 is 0 Å². The molecule has 1 N–H and O–H groups in total. The van der Waals surface area contributed by atoms with E-state index in [2.05, 4.69) is 20.8 Å². The van der Waals surface area contributed by atoms with Crippen LogP contribution in [0.1, 0.15) is 85.5 Å². The zero-order chi connectivity index (χ0) is 17.4. The number of carbonyl (C=O) groups is 1. The van der Waals surface area contributed by atoms with Crippen molar-refractivity contribution in [2.45, 2.75) is 96.7 Å². The Morgan fingerprint density at radius 1 is 1.04 bits per heavy atom. The molecule has 7 atom stereocenters. The number of hydrogen-bond acceptors (Lipinski definition) is 3. The minimum Gasteiger partial charge on any atom is -0.459 e. The molecule has 4 aliphatic rings. The first-order valence-corrected chi connectivity index (χ1v) is 10.0. The fourth-order valence-electron chi connectivity index (χ4n) is 8.19. The van der Waals surface area contributed by atoms with Gasteiger partial charge in [-0.1, -0.05) is 6.92 Å². The quantitative estimate of drug-likeness (QED) is 0.720. The summed E-state index contributed by atoms with van der Waals surface area (Å²) in [5, 5.41) is 10.9. The molecule has 3 heteroatoms. The molecular formula is C21H34O3. The summed E-state index contributed by atoms with van der Waals surface area (Å²) in [6.45, 7) is 8.30. The highest BCUT2D eigenvalue weighted by Gasteiger charge is 2.67. The second-order valence-corrected chi connectivity index (χ2v) is 10.3. The van der Waals surface area contributed by atoms with Crippen LogP contribution in [0.4, 0.5) is 0 Å². The lowest BCUT2D eigenvalue weighted by Crippen LogP contribution is -2.59. The molecule has 0 saturated heterocycles. The van der Waals surface area contributed by atoms with E-state index in [-0.39, 0.29) is 17.0 Å². The van der Waals surface area contributed by atoms with Gasteiger partial charge in [0.15, 0.2) is 0 Å². The van der Waals surface area contributed by atoms with Crippen molar-refractivity contribution in [3.63, 3.8) is 0 Å². The van der Waals surface area contributed by atoms with Crippen LogP contribution in [0.3, 0.4) is 0 Å². The van der Waals surface area contributed by atoms with Crippen molar-refractivity contribution in [3.05, 3.63) is 0 Å². The van der Waals surface area contributed by atoms with Crippen LogP contribution in [0.2, 0.25) is 0 Å². The standard InChI is InChI=1S/C21H34O3/c1-14(22)24-20(4)10-5-9-18(2)16(20)8-11-21-12-15(6-7-17(18)21)19(3,23)13-21/h15-17,23H,5-13H2,1-4H3/t15-,16+,17+,18-,19-,20-,21+/m1/s1. The highest BCUT2D eigenvalue weighted by atomic mass is 16.6. The molecule has 4 aliphatic carbocycles. The van der Waals surface area contributed by atoms with Crippen LogP contribution in [0.15, 0.2) is 0 Å². The first-order valence-electron chi connectivity index (χ1n) is 10.0. The van der Waals surface area contributed by atoms with Gasteiger partial charge < -0.3 is 9.84 Å². The number of rotatable bonds is 1. The highest BCUT2D eigenvalue weighted by Crippen LogP contribution is 2.72. The van der Waals surface area contributed by atoms with E-state index < -0.39 is 5.60 Å². The second-order valence-electron chi connectivity index (χ2n) is 10.3. The van der Waals surface area contributed by atoms with Gasteiger partial charge in [0.2, 0.25) is 0 Å². The third-order valence-corrected chi connectivity index (χ3v) is 8.81. The summed E-state index contributed by atoms with van der Waals surface area (Å²) >= 11 is 0. The van der Waals surface area contributed by atoms with E-state index in [0.717, 1.165) is 25.7 Å². The predicted octanol–water partition coefficient (Wildman–Crippen LogP) is 4.47. The molecule has 1 spiro atoms. The molecular weight excluding hydrogens is 300 g/mol. The SMILES string of the molecule is CC(=O)O[C@]1(C)CCC[C@@]2(C)[C@@H]3CC[C@@H]4C[C@@]3(CC[C@@H]21)C[C@@]4(C)O. The van der Waals surface area contributed by atoms with Gasteiger partial charge >= 0.3 is 5.97 Å². The van der Waals surface area contributed by atoms with E-state index in [0.29, 0.717) is 23.2 Å². The maximum absolute atomic E-state index is 11.7. The van der Waals surface area contributed by atoms with E-state index in [1.165, 1.54) is 32.1 Å². The van der Waals surface area contributed by atoms with Gasteiger partial charge in [0.1, 0.15) is 5.60 Å². The van der Waals surface area contributed by atoms with Crippen molar-refractivity contribution in [1.29, 1.82) is 0 Å². The second kappa shape index (κ2) is 4.99. The zero-order valence-electron chi connectivity index (χ0n) is 15.9. The Morgan fingerprint density at radius 2 is 1.79 bits per heavy atom. The van der Waals surface area contributed by atoms with Crippen LogP contribution in [0.5, 0.6) is 0 Å². The Balaban J connectivity index is 1.69. The molecule has 4 fully saturated rings. The van der Waals surface area contributed by atoms with Gasteiger partial charge in [0.05, 0.1) is 5.60 Å². The van der Waals surface area contributed by atoms with Crippen LogP contribution in [0, 0.1) is 28.6 Å². The number of ether oxygens (including phenoxy) is 1. The zero-order valence-corrected chi connectivity index (χ0v) is 15.9. The maximum atomic E-state index is 11.7. The number of aliphatic hydroxyl groups is 1. The largest absolute Gasteiger partial charge is 0.459 e. The maximum Gasteiger partial charge on any atom is 0.303 e. The van der Waals surface area contributed by atoms with E-state index in [9.17, 15) is 9.90 Å². The molecule has 2 bridgehead atoms. The Morgan fingerprint density at radius 3 is 2.50 bits per heavy atom. The van der Waals surface area contributed by atoms with Gasteiger partial charge in [-0.15, -0.1) is 0 Å². The van der Waals surface area contributed by atoms with Crippen molar-refractivity contribution in [3.8, 4) is 0 Å². The highest BCUT2D eigenvalue weighted by molar-refractivity contribution is 5.66. The molecule has 3 nitrogen and oxygen atoms in total. The minimum atomic E-state index is -0.466. The van der Waals surface area contributed by atoms with Gasteiger partial charge in [-0.2, -0.15) is 0 Å². The summed E-state index contributed by atoms with van der Waals surface area (Å²) < 4.78 is 5.92. The van der Waals surface area contributed by atoms with E-state index in [1.807, 2.05) is 0 Å². The van der Waals surface area contributed by atoms with Crippen LogP contribution in [-0.2, 0) is 9.53 Å². The van der Waals surface area contributed by atoms with E-state index >= 15 is 0 Å². The van der Waals surface area contributed by atoms with Gasteiger partial charge in [-0.05, 0) is 94.3 Å². The predicted molar refractivity (Wildman–Crippen MR) is 93.4 cm³/mol. The molecule has 0 aromatic heterocycles. The first kappa shape index (κ1) is 16.9. The fourth-order valence-corrected chi connectivity index (χ4v) is 8.19. The van der Waals surface area contributed by atoms with Gasteiger partial charge in [0, 0.05) is 12.8 Å². The van der Waals surface area contributed by atoms with Crippen molar-refractivity contribution in [1.82, 2.24) is 0 Å². The van der Waals surface area contributed by atoms with Gasteiger partial charge in [0.25, 0.3) is 0 Å². The summed E-state index contributed by atoms with van der Waals surface area (Å²) in [4.78, 5) is 11.7. The monoisotopic (exact) mass is 334 g/mol. The Kier molecular flexibility index (Phi) is 3.51. The summed E-state index contributed by atoms with van der Waals surface area (Å²) in [6.07, 6.45) is 10.4. The third kappa shape index (κ3) is 2.15. The van der Waals surface area contributed by atoms with Gasteiger partial charge in [-0.25, -0.2) is 0 Å². The van der Waals surface area contributed by atoms with Crippen LogP contribution < -0.4 is 0 Å². The third-order valence-electron chi connectivity index (χ3n) is 8.81. The van der Waals surface area contributed by atoms with Crippen LogP contribution in [0.25, 0.3) is 0 Å². The molecule has 24 heavy (non-hydrogen) atoms. The molecule has 0 unspecified atom stereocenters. The molecule has 4 saturated carbocycles. The van der Waals surface area contributed by atoms with Gasteiger partial charge in [-0.3, -0.25) is 4.79 Å². The van der Waals surface area contributed by atoms with Crippen molar-refractivity contribution >= 4 is 5.97 Å². The lowest BCUT2D eigenvalue weighted by molar-refractivity contribution is -0.204. The Labute approximate surface area is 146 Å². The van der Waals surface area contributed by atoms with E-state index in [4.69, 9.17) is 4.74 Å². The van der Waals surface area contributed by atoms with Crippen LogP contribution in [-0.4, -0.2) is 22.3 Å². The summed E-state index contributed by atoms with van der Waals surface area (Å²) in [6, 6.07) is 0. The molecule has 136 valence electrons. The smallest absolute Gasteiger partial charge is 0.303 e. The molecule has 0 radical (unpaired) electrons. The Bertz CT molecular complexity index is 555. The lowest BCUT2D eigenvalue weighted by atomic mass is 9.43. The van der Waals surface area contributed by atoms with Crippen molar-refractivity contribution < 1.29 is 14.6 Å². The molecule has 0 aliphatic heterocycles. The molecule has 0 aromatic rings. The minimum absolute atomic E-state index is 0.130. The fraction of sp³-hybridized carbons (Fsp3) is 0.952. The summed E-state index contributed by atoms with van der Waals surface area (Å²) in [5.74, 6) is 1.52. The van der Waals surface area contributed by atoms with Crippen molar-refractivity contribution in [2.24, 2.45) is 28.6 Å². The number of esters is 1. The molecule has 0 heterocycles. The average Bonchev–Trinajstić information content (AvgIpc) is 2.62. The van der Waals surface area contributed by atoms with Crippen molar-refractivity contribution in [2.75, 3.05) is 0 Å². The molecule has 0 aromatic carbocycles. The topological polar surface area (TPSA) is 46.5 Å². The van der Waals surface area contributed by atoms with E-state index in [1.54, 1.807) is 6.92 Å². The molecule has 4 rings (SSSR count).